The van der Waals surface area contributed by atoms with E-state index >= 15 is 0 Å². The van der Waals surface area contributed by atoms with Gasteiger partial charge in [-0.15, -0.1) is 0 Å². The van der Waals surface area contributed by atoms with E-state index in [4.69, 9.17) is 4.74 Å². The third kappa shape index (κ3) is 1.96. The number of rotatable bonds is 2. The van der Waals surface area contributed by atoms with Gasteiger partial charge < -0.3 is 4.74 Å². The number of benzene rings is 1. The summed E-state index contributed by atoms with van der Waals surface area (Å²) in [7, 11) is 0. The van der Waals surface area contributed by atoms with Crippen LogP contribution in [0.3, 0.4) is 0 Å². The van der Waals surface area contributed by atoms with E-state index in [0.29, 0.717) is 5.56 Å². The lowest BCUT2D eigenvalue weighted by Gasteiger charge is -2.25. The van der Waals surface area contributed by atoms with Crippen LogP contribution in [-0.4, -0.2) is 15.4 Å². The van der Waals surface area contributed by atoms with E-state index in [1.54, 1.807) is 12.1 Å². The van der Waals surface area contributed by atoms with Crippen LogP contribution in [0.25, 0.3) is 11.3 Å². The predicted octanol–water partition coefficient (Wildman–Crippen LogP) is 4.13. The molecule has 0 radical (unpaired) electrons. The number of nitrogens with zero attached hydrogens (tertiary/aromatic N) is 2. The van der Waals surface area contributed by atoms with Crippen molar-refractivity contribution >= 4 is 0 Å². The Bertz CT molecular complexity index is 701. The molecule has 0 atom stereocenters. The number of ether oxygens (including phenoxy) is 1. The lowest BCUT2D eigenvalue weighted by molar-refractivity contribution is 0.110. The maximum absolute atomic E-state index is 14.2. The van der Waals surface area contributed by atoms with Crippen LogP contribution in [-0.2, 0) is 6.54 Å². The van der Waals surface area contributed by atoms with Crippen LogP contribution in [0.4, 0.5) is 4.39 Å². The molecule has 2 heterocycles. The Hall–Kier alpha value is -1.84. The van der Waals surface area contributed by atoms with Gasteiger partial charge in [0.15, 0.2) is 0 Å². The summed E-state index contributed by atoms with van der Waals surface area (Å²) in [5, 5.41) is 4.65. The monoisotopic (exact) mass is 286 g/mol. The normalized spacial score (nSPS) is 18.7. The summed E-state index contributed by atoms with van der Waals surface area (Å²) in [6.07, 6.45) is 3.27. The molecule has 0 bridgehead atoms. The Labute approximate surface area is 123 Å². The summed E-state index contributed by atoms with van der Waals surface area (Å²) in [6, 6.07) is 6.84. The summed E-state index contributed by atoms with van der Waals surface area (Å²) in [4.78, 5) is 0. The van der Waals surface area contributed by atoms with Crippen molar-refractivity contribution in [2.24, 2.45) is 0 Å². The van der Waals surface area contributed by atoms with Crippen molar-refractivity contribution in [3.8, 4) is 17.1 Å². The van der Waals surface area contributed by atoms with Gasteiger partial charge in [0.2, 0.25) is 5.88 Å². The number of hydrogen-bond donors (Lipinski definition) is 0. The Morgan fingerprint density at radius 1 is 1.24 bits per heavy atom. The first-order valence-electron chi connectivity index (χ1n) is 7.64. The fourth-order valence-electron chi connectivity index (χ4n) is 3.15. The molecule has 1 fully saturated rings. The molecule has 21 heavy (non-hydrogen) atoms. The summed E-state index contributed by atoms with van der Waals surface area (Å²) < 4.78 is 22.3. The largest absolute Gasteiger partial charge is 0.471 e. The van der Waals surface area contributed by atoms with Gasteiger partial charge in [-0.25, -0.2) is 9.07 Å². The van der Waals surface area contributed by atoms with Crippen LogP contribution >= 0.6 is 0 Å². The van der Waals surface area contributed by atoms with Crippen molar-refractivity contribution in [3.63, 3.8) is 0 Å². The highest BCUT2D eigenvalue weighted by molar-refractivity contribution is 5.67. The van der Waals surface area contributed by atoms with Crippen molar-refractivity contribution in [3.05, 3.63) is 35.6 Å². The quantitative estimate of drug-likeness (QED) is 0.830. The van der Waals surface area contributed by atoms with E-state index in [1.807, 2.05) is 10.7 Å². The summed E-state index contributed by atoms with van der Waals surface area (Å²) in [6.45, 7) is 5.09. The zero-order chi connectivity index (χ0) is 14.6. The second-order valence-electron chi connectivity index (χ2n) is 6.46. The van der Waals surface area contributed by atoms with Crippen molar-refractivity contribution < 1.29 is 9.13 Å². The molecule has 0 saturated heterocycles. The van der Waals surface area contributed by atoms with Crippen LogP contribution < -0.4 is 4.74 Å². The van der Waals surface area contributed by atoms with Crippen molar-refractivity contribution in [2.75, 3.05) is 0 Å². The Morgan fingerprint density at radius 2 is 2.00 bits per heavy atom. The van der Waals surface area contributed by atoms with Gasteiger partial charge in [-0.1, -0.05) is 26.0 Å². The van der Waals surface area contributed by atoms with E-state index < -0.39 is 0 Å². The molecular formula is C17H19FN2O. The second kappa shape index (κ2) is 4.33. The van der Waals surface area contributed by atoms with E-state index in [9.17, 15) is 4.39 Å². The molecule has 1 saturated carbocycles. The minimum atomic E-state index is -0.226. The number of fused-ring (bicyclic) bond motifs is 1. The number of aryl methyl sites for hydroxylation is 1. The number of aromatic nitrogens is 2. The molecule has 4 heteroatoms. The maximum Gasteiger partial charge on any atom is 0.216 e. The van der Waals surface area contributed by atoms with Crippen molar-refractivity contribution in [1.29, 1.82) is 0 Å². The van der Waals surface area contributed by atoms with Crippen LogP contribution in [0.2, 0.25) is 0 Å². The fourth-order valence-corrected chi connectivity index (χ4v) is 3.15. The minimum absolute atomic E-state index is 0.0478. The van der Waals surface area contributed by atoms with Gasteiger partial charge >= 0.3 is 0 Å². The average molecular weight is 286 g/mol. The molecule has 2 aromatic rings. The predicted molar refractivity (Wildman–Crippen MR) is 78.9 cm³/mol. The van der Waals surface area contributed by atoms with Gasteiger partial charge in [-0.05, 0) is 30.9 Å². The highest BCUT2D eigenvalue weighted by atomic mass is 19.1. The first kappa shape index (κ1) is 12.9. The molecule has 1 aliphatic heterocycles. The van der Waals surface area contributed by atoms with Crippen molar-refractivity contribution in [2.45, 2.75) is 51.2 Å². The van der Waals surface area contributed by atoms with Crippen LogP contribution in [0.1, 0.15) is 44.6 Å². The second-order valence-corrected chi connectivity index (χ2v) is 6.46. The highest BCUT2D eigenvalue weighted by Gasteiger charge is 2.49. The highest BCUT2D eigenvalue weighted by Crippen LogP contribution is 2.49. The van der Waals surface area contributed by atoms with E-state index in [1.165, 1.54) is 6.07 Å². The molecule has 4 rings (SSSR count). The smallest absolute Gasteiger partial charge is 0.216 e. The molecule has 1 aliphatic carbocycles. The molecule has 0 unspecified atom stereocenters. The number of hydrogen-bond acceptors (Lipinski definition) is 2. The van der Waals surface area contributed by atoms with Crippen LogP contribution in [0.15, 0.2) is 24.3 Å². The zero-order valence-corrected chi connectivity index (χ0v) is 12.4. The van der Waals surface area contributed by atoms with Gasteiger partial charge in [0.1, 0.15) is 17.1 Å². The van der Waals surface area contributed by atoms with E-state index in [2.05, 4.69) is 18.9 Å². The molecule has 1 spiro atoms. The van der Waals surface area contributed by atoms with Gasteiger partial charge in [-0.2, -0.15) is 5.10 Å². The molecule has 2 aliphatic rings. The zero-order valence-electron chi connectivity index (χ0n) is 12.4. The Morgan fingerprint density at radius 3 is 2.67 bits per heavy atom. The SMILES string of the molecule is CC(C)c1c(-c2ccccc2F)nn2c1OC1(CC2)CC1. The Kier molecular flexibility index (Phi) is 2.65. The van der Waals surface area contributed by atoms with E-state index in [-0.39, 0.29) is 17.3 Å². The Balaban J connectivity index is 1.89. The van der Waals surface area contributed by atoms with Gasteiger partial charge in [0, 0.05) is 24.1 Å². The first-order valence-corrected chi connectivity index (χ1v) is 7.64. The van der Waals surface area contributed by atoms with Crippen LogP contribution in [0.5, 0.6) is 5.88 Å². The third-order valence-electron chi connectivity index (χ3n) is 4.55. The first-order chi connectivity index (χ1) is 10.1. The number of halogens is 1. The summed E-state index contributed by atoms with van der Waals surface area (Å²) in [5.74, 6) is 0.875. The molecule has 110 valence electrons. The summed E-state index contributed by atoms with van der Waals surface area (Å²) in [5.41, 5.74) is 2.38. The third-order valence-corrected chi connectivity index (χ3v) is 4.55. The van der Waals surface area contributed by atoms with Gasteiger partial charge in [0.25, 0.3) is 0 Å². The molecular weight excluding hydrogens is 267 g/mol. The van der Waals surface area contributed by atoms with Gasteiger partial charge in [0.05, 0.1) is 0 Å². The lowest BCUT2D eigenvalue weighted by Crippen LogP contribution is -2.28. The van der Waals surface area contributed by atoms with Crippen molar-refractivity contribution in [1.82, 2.24) is 9.78 Å². The average Bonchev–Trinajstić information content (AvgIpc) is 3.09. The topological polar surface area (TPSA) is 27.1 Å². The molecule has 0 amide bonds. The van der Waals surface area contributed by atoms with E-state index in [0.717, 1.165) is 42.9 Å². The molecule has 3 nitrogen and oxygen atoms in total. The fraction of sp³-hybridized carbons (Fsp3) is 0.471. The van der Waals surface area contributed by atoms with Gasteiger partial charge in [-0.3, -0.25) is 0 Å². The minimum Gasteiger partial charge on any atom is -0.471 e. The van der Waals surface area contributed by atoms with Crippen LogP contribution in [0, 0.1) is 5.82 Å². The lowest BCUT2D eigenvalue weighted by atomic mass is 9.98. The standard InChI is InChI=1S/C17H19FN2O/c1-11(2)14-15(12-5-3-4-6-13(12)18)19-20-10-9-17(7-8-17)21-16(14)20/h3-6,11H,7-10H2,1-2H3. The molecule has 1 aromatic heterocycles. The molecule has 0 N–H and O–H groups in total. The summed E-state index contributed by atoms with van der Waals surface area (Å²) >= 11 is 0. The molecule has 1 aromatic carbocycles. The maximum atomic E-state index is 14.2.